The van der Waals surface area contributed by atoms with Crippen molar-refractivity contribution < 1.29 is 31.0 Å². The van der Waals surface area contributed by atoms with E-state index in [4.69, 9.17) is 14.2 Å². The first-order chi connectivity index (χ1) is 14.3. The maximum atomic E-state index is 13.1. The van der Waals surface area contributed by atoms with Crippen LogP contribution in [0.5, 0.6) is 11.5 Å². The van der Waals surface area contributed by atoms with Crippen molar-refractivity contribution >= 4 is 25.7 Å². The average Bonchev–Trinajstić information content (AvgIpc) is 3.22. The molecular weight excluding hydrogens is 432 g/mol. The number of fused-ring (bicyclic) bond motifs is 1. The minimum atomic E-state index is -3.92. The fraction of sp³-hybridized carbons (Fsp3) is 0.368. The molecule has 2 aromatic carbocycles. The molecule has 0 saturated carbocycles. The fourth-order valence-corrected chi connectivity index (χ4v) is 6.10. The number of morpholine rings is 1. The van der Waals surface area contributed by atoms with Gasteiger partial charge in [-0.1, -0.05) is 0 Å². The van der Waals surface area contributed by atoms with Gasteiger partial charge in [0.2, 0.25) is 10.0 Å². The Bertz CT molecular complexity index is 1160. The molecule has 2 aliphatic rings. The van der Waals surface area contributed by atoms with Crippen molar-refractivity contribution in [2.75, 3.05) is 44.7 Å². The highest BCUT2D eigenvalue weighted by Crippen LogP contribution is 2.32. The summed E-state index contributed by atoms with van der Waals surface area (Å²) in [5, 5.41) is 0. The third-order valence-electron chi connectivity index (χ3n) is 4.97. The number of nitrogens with one attached hydrogen (secondary N) is 1. The number of hydrogen-bond acceptors (Lipinski definition) is 7. The lowest BCUT2D eigenvalue weighted by Crippen LogP contribution is -2.40. The molecule has 1 saturated heterocycles. The SMILES string of the molecule is COc1ccc(NS(=O)(=O)c2ccc3c(c2)CCO3)cc1S(=O)(=O)N1CCOCC1. The largest absolute Gasteiger partial charge is 0.495 e. The Hall–Kier alpha value is -2.34. The molecule has 1 fully saturated rings. The normalized spacial score (nSPS) is 17.2. The van der Waals surface area contributed by atoms with Crippen molar-refractivity contribution in [2.45, 2.75) is 16.2 Å². The molecule has 2 heterocycles. The molecule has 0 atom stereocenters. The third-order valence-corrected chi connectivity index (χ3v) is 8.27. The number of hydrogen-bond donors (Lipinski definition) is 1. The fourth-order valence-electron chi connectivity index (χ4n) is 3.41. The highest BCUT2D eigenvalue weighted by molar-refractivity contribution is 7.92. The van der Waals surface area contributed by atoms with Gasteiger partial charge in [0.1, 0.15) is 16.4 Å². The topological polar surface area (TPSA) is 111 Å². The van der Waals surface area contributed by atoms with Gasteiger partial charge in [-0.2, -0.15) is 4.31 Å². The van der Waals surface area contributed by atoms with Crippen molar-refractivity contribution in [3.63, 3.8) is 0 Å². The van der Waals surface area contributed by atoms with E-state index in [0.717, 1.165) is 5.56 Å². The number of rotatable bonds is 6. The number of methoxy groups -OCH3 is 1. The van der Waals surface area contributed by atoms with Crippen LogP contribution in [0.3, 0.4) is 0 Å². The van der Waals surface area contributed by atoms with E-state index in [2.05, 4.69) is 4.72 Å². The average molecular weight is 455 g/mol. The molecule has 2 aliphatic heterocycles. The van der Waals surface area contributed by atoms with Crippen LogP contribution in [0.4, 0.5) is 5.69 Å². The van der Waals surface area contributed by atoms with E-state index in [9.17, 15) is 16.8 Å². The van der Waals surface area contributed by atoms with Gasteiger partial charge in [-0.15, -0.1) is 0 Å². The Morgan fingerprint density at radius 2 is 1.77 bits per heavy atom. The van der Waals surface area contributed by atoms with E-state index in [1.54, 1.807) is 12.1 Å². The van der Waals surface area contributed by atoms with Crippen LogP contribution < -0.4 is 14.2 Å². The standard InChI is InChI=1S/C19H22N2O7S2/c1-26-18-4-2-15(13-19(18)30(24,25)21-7-10-27-11-8-21)20-29(22,23)16-3-5-17-14(12-16)6-9-28-17/h2-5,12-13,20H,6-11H2,1H3. The lowest BCUT2D eigenvalue weighted by molar-refractivity contribution is 0.0729. The lowest BCUT2D eigenvalue weighted by Gasteiger charge is -2.26. The van der Waals surface area contributed by atoms with Crippen LogP contribution in [0.2, 0.25) is 0 Å². The summed E-state index contributed by atoms with van der Waals surface area (Å²) in [6, 6.07) is 8.82. The highest BCUT2D eigenvalue weighted by Gasteiger charge is 2.30. The van der Waals surface area contributed by atoms with Crippen molar-refractivity contribution in [3.05, 3.63) is 42.0 Å². The summed E-state index contributed by atoms with van der Waals surface area (Å²) < 4.78 is 71.5. The molecule has 0 bridgehead atoms. The number of anilines is 1. The third kappa shape index (κ3) is 3.97. The maximum Gasteiger partial charge on any atom is 0.261 e. The van der Waals surface area contributed by atoms with Crippen LogP contribution in [-0.2, 0) is 31.2 Å². The zero-order valence-electron chi connectivity index (χ0n) is 16.3. The second-order valence-electron chi connectivity index (χ2n) is 6.86. The molecule has 0 aliphatic carbocycles. The van der Waals surface area contributed by atoms with E-state index in [0.29, 0.717) is 32.0 Å². The number of benzene rings is 2. The summed E-state index contributed by atoms with van der Waals surface area (Å²) >= 11 is 0. The Morgan fingerprint density at radius 3 is 2.50 bits per heavy atom. The van der Waals surface area contributed by atoms with Crippen LogP contribution in [0, 0.1) is 0 Å². The predicted octanol–water partition coefficient (Wildman–Crippen LogP) is 1.45. The molecule has 30 heavy (non-hydrogen) atoms. The van der Waals surface area contributed by atoms with Gasteiger partial charge < -0.3 is 14.2 Å². The van der Waals surface area contributed by atoms with Crippen LogP contribution in [0.15, 0.2) is 46.2 Å². The Balaban J connectivity index is 1.66. The summed E-state index contributed by atoms with van der Waals surface area (Å²) in [5.41, 5.74) is 0.947. The van der Waals surface area contributed by atoms with Gasteiger partial charge in [-0.3, -0.25) is 4.72 Å². The molecule has 4 rings (SSSR count). The molecule has 11 heteroatoms. The number of ether oxygens (including phenoxy) is 3. The smallest absolute Gasteiger partial charge is 0.261 e. The van der Waals surface area contributed by atoms with Crippen LogP contribution in [0.25, 0.3) is 0 Å². The van der Waals surface area contributed by atoms with Crippen molar-refractivity contribution in [3.8, 4) is 11.5 Å². The number of sulfonamides is 2. The van der Waals surface area contributed by atoms with Gasteiger partial charge in [0, 0.05) is 19.5 Å². The van der Waals surface area contributed by atoms with Gasteiger partial charge in [-0.25, -0.2) is 16.8 Å². The molecule has 1 N–H and O–H groups in total. The molecule has 9 nitrogen and oxygen atoms in total. The molecule has 0 amide bonds. The minimum Gasteiger partial charge on any atom is -0.495 e. The Kier molecular flexibility index (Phi) is 5.62. The summed E-state index contributed by atoms with van der Waals surface area (Å²) in [6.07, 6.45) is 0.642. The van der Waals surface area contributed by atoms with Gasteiger partial charge in [0.25, 0.3) is 10.0 Å². The minimum absolute atomic E-state index is 0.0835. The molecule has 0 unspecified atom stereocenters. The molecule has 162 valence electrons. The van der Waals surface area contributed by atoms with E-state index in [1.165, 1.54) is 35.7 Å². The lowest BCUT2D eigenvalue weighted by atomic mass is 10.2. The molecule has 2 aromatic rings. The first-order valence-electron chi connectivity index (χ1n) is 9.36. The predicted molar refractivity (Wildman–Crippen MR) is 109 cm³/mol. The van der Waals surface area contributed by atoms with Crippen LogP contribution in [-0.4, -0.2) is 61.2 Å². The first kappa shape index (κ1) is 20.9. The highest BCUT2D eigenvalue weighted by atomic mass is 32.2. The van der Waals surface area contributed by atoms with Gasteiger partial charge >= 0.3 is 0 Å². The van der Waals surface area contributed by atoms with Gasteiger partial charge in [0.05, 0.1) is 37.5 Å². The van der Waals surface area contributed by atoms with E-state index < -0.39 is 20.0 Å². The first-order valence-corrected chi connectivity index (χ1v) is 12.3. The van der Waals surface area contributed by atoms with Crippen molar-refractivity contribution in [2.24, 2.45) is 0 Å². The Morgan fingerprint density at radius 1 is 1.00 bits per heavy atom. The molecule has 0 aromatic heterocycles. The van der Waals surface area contributed by atoms with Gasteiger partial charge in [-0.05, 0) is 42.0 Å². The second-order valence-corrected chi connectivity index (χ2v) is 10.4. The van der Waals surface area contributed by atoms with Crippen molar-refractivity contribution in [1.82, 2.24) is 4.31 Å². The zero-order valence-corrected chi connectivity index (χ0v) is 18.0. The summed E-state index contributed by atoms with van der Waals surface area (Å²) in [7, 11) is -6.43. The second kappa shape index (κ2) is 8.06. The zero-order chi connectivity index (χ0) is 21.4. The summed E-state index contributed by atoms with van der Waals surface area (Å²) in [5.74, 6) is 0.816. The summed E-state index contributed by atoms with van der Waals surface area (Å²) in [6.45, 7) is 1.57. The molecule has 0 radical (unpaired) electrons. The molecule has 0 spiro atoms. The van der Waals surface area contributed by atoms with Crippen LogP contribution >= 0.6 is 0 Å². The Labute approximate surface area is 175 Å². The van der Waals surface area contributed by atoms with E-state index in [-0.39, 0.29) is 34.3 Å². The quantitative estimate of drug-likeness (QED) is 0.703. The molecular formula is C19H22N2O7S2. The van der Waals surface area contributed by atoms with E-state index >= 15 is 0 Å². The van der Waals surface area contributed by atoms with Crippen molar-refractivity contribution in [1.29, 1.82) is 0 Å². The van der Waals surface area contributed by atoms with Gasteiger partial charge in [0.15, 0.2) is 0 Å². The summed E-state index contributed by atoms with van der Waals surface area (Å²) in [4.78, 5) is -0.0189. The monoisotopic (exact) mass is 454 g/mol. The van der Waals surface area contributed by atoms with Crippen LogP contribution in [0.1, 0.15) is 5.56 Å². The van der Waals surface area contributed by atoms with E-state index in [1.807, 2.05) is 0 Å². The maximum absolute atomic E-state index is 13.1. The number of nitrogens with zero attached hydrogens (tertiary/aromatic N) is 1.